The third-order valence-electron chi connectivity index (χ3n) is 3.47. The molecule has 2 nitrogen and oxygen atoms in total. The first-order valence-corrected chi connectivity index (χ1v) is 6.31. The van der Waals surface area contributed by atoms with Gasteiger partial charge in [-0.3, -0.25) is 4.79 Å². The van der Waals surface area contributed by atoms with Crippen molar-refractivity contribution in [3.63, 3.8) is 0 Å². The molecule has 92 valence electrons. The predicted octanol–water partition coefficient (Wildman–Crippen LogP) is 2.99. The average Bonchev–Trinajstić information content (AvgIpc) is 3.12. The standard InChI is InChI=1S/C15H21NO/c1-15(2,11-16(3)13-9-10-13)14(17)12-7-5-4-6-8-12/h4-8,13H,9-11H2,1-3H3. The van der Waals surface area contributed by atoms with Gasteiger partial charge in [-0.1, -0.05) is 44.2 Å². The predicted molar refractivity (Wildman–Crippen MR) is 70.2 cm³/mol. The monoisotopic (exact) mass is 231 g/mol. The van der Waals surface area contributed by atoms with Gasteiger partial charge in [0.05, 0.1) is 0 Å². The van der Waals surface area contributed by atoms with Crippen LogP contribution in [0.3, 0.4) is 0 Å². The molecule has 1 saturated carbocycles. The molecule has 1 aliphatic carbocycles. The maximum Gasteiger partial charge on any atom is 0.169 e. The van der Waals surface area contributed by atoms with Gasteiger partial charge >= 0.3 is 0 Å². The van der Waals surface area contributed by atoms with E-state index in [0.717, 1.165) is 12.1 Å². The van der Waals surface area contributed by atoms with Crippen molar-refractivity contribution in [2.24, 2.45) is 5.41 Å². The van der Waals surface area contributed by atoms with E-state index in [1.165, 1.54) is 12.8 Å². The summed E-state index contributed by atoms with van der Waals surface area (Å²) in [4.78, 5) is 14.7. The highest BCUT2D eigenvalue weighted by Gasteiger charge is 2.34. The van der Waals surface area contributed by atoms with Crippen LogP contribution in [-0.2, 0) is 0 Å². The molecule has 0 bridgehead atoms. The maximum atomic E-state index is 12.4. The van der Waals surface area contributed by atoms with Gasteiger partial charge in [0.25, 0.3) is 0 Å². The van der Waals surface area contributed by atoms with E-state index in [9.17, 15) is 4.79 Å². The molecule has 0 aliphatic heterocycles. The number of benzene rings is 1. The first kappa shape index (κ1) is 12.3. The number of carbonyl (C=O) groups excluding carboxylic acids is 1. The van der Waals surface area contributed by atoms with E-state index in [0.29, 0.717) is 6.04 Å². The third kappa shape index (κ3) is 2.95. The maximum absolute atomic E-state index is 12.4. The summed E-state index contributed by atoms with van der Waals surface area (Å²) in [6.07, 6.45) is 2.57. The Balaban J connectivity index is 2.06. The molecule has 1 aromatic rings. The molecule has 0 atom stereocenters. The minimum atomic E-state index is -0.307. The molecule has 1 aromatic carbocycles. The zero-order chi connectivity index (χ0) is 12.5. The molecule has 2 heteroatoms. The van der Waals surface area contributed by atoms with Gasteiger partial charge in [-0.2, -0.15) is 0 Å². The van der Waals surface area contributed by atoms with E-state index >= 15 is 0 Å². The van der Waals surface area contributed by atoms with Gasteiger partial charge in [-0.05, 0) is 19.9 Å². The van der Waals surface area contributed by atoms with Crippen LogP contribution >= 0.6 is 0 Å². The van der Waals surface area contributed by atoms with E-state index in [1.807, 2.05) is 44.2 Å². The summed E-state index contributed by atoms with van der Waals surface area (Å²) in [5, 5.41) is 0. The Morgan fingerprint density at radius 1 is 1.29 bits per heavy atom. The average molecular weight is 231 g/mol. The lowest BCUT2D eigenvalue weighted by molar-refractivity contribution is 0.0779. The number of rotatable bonds is 5. The fraction of sp³-hybridized carbons (Fsp3) is 0.533. The van der Waals surface area contributed by atoms with Crippen LogP contribution in [0.4, 0.5) is 0 Å². The van der Waals surface area contributed by atoms with Gasteiger partial charge in [0, 0.05) is 23.6 Å². The molecular weight excluding hydrogens is 210 g/mol. The zero-order valence-corrected chi connectivity index (χ0v) is 10.9. The highest BCUT2D eigenvalue weighted by molar-refractivity contribution is 6.00. The van der Waals surface area contributed by atoms with Crippen molar-refractivity contribution >= 4 is 5.78 Å². The Bertz CT molecular complexity index is 393. The topological polar surface area (TPSA) is 20.3 Å². The fourth-order valence-electron chi connectivity index (χ4n) is 2.32. The minimum absolute atomic E-state index is 0.241. The fourth-order valence-corrected chi connectivity index (χ4v) is 2.32. The van der Waals surface area contributed by atoms with Crippen molar-refractivity contribution < 1.29 is 4.79 Å². The van der Waals surface area contributed by atoms with Crippen LogP contribution in [0.2, 0.25) is 0 Å². The molecule has 0 radical (unpaired) electrons. The summed E-state index contributed by atoms with van der Waals surface area (Å²) in [6.45, 7) is 4.92. The first-order valence-electron chi connectivity index (χ1n) is 6.31. The van der Waals surface area contributed by atoms with Crippen molar-refractivity contribution in [3.05, 3.63) is 35.9 Å². The first-order chi connectivity index (χ1) is 8.00. The second kappa shape index (κ2) is 4.61. The SMILES string of the molecule is CN(CC(C)(C)C(=O)c1ccccc1)C1CC1. The molecule has 0 aromatic heterocycles. The Labute approximate surface area is 104 Å². The quantitative estimate of drug-likeness (QED) is 0.726. The second-order valence-corrected chi connectivity index (χ2v) is 5.73. The van der Waals surface area contributed by atoms with Crippen molar-refractivity contribution in [1.82, 2.24) is 4.90 Å². The lowest BCUT2D eigenvalue weighted by Gasteiger charge is -2.29. The molecule has 0 spiro atoms. The van der Waals surface area contributed by atoms with Crippen LogP contribution in [-0.4, -0.2) is 30.3 Å². The van der Waals surface area contributed by atoms with Crippen LogP contribution in [0, 0.1) is 5.41 Å². The van der Waals surface area contributed by atoms with Gasteiger partial charge in [0.1, 0.15) is 0 Å². The van der Waals surface area contributed by atoms with Gasteiger partial charge in [-0.25, -0.2) is 0 Å². The second-order valence-electron chi connectivity index (χ2n) is 5.73. The third-order valence-corrected chi connectivity index (χ3v) is 3.47. The van der Waals surface area contributed by atoms with Gasteiger partial charge in [0.15, 0.2) is 5.78 Å². The summed E-state index contributed by atoms with van der Waals surface area (Å²) < 4.78 is 0. The Kier molecular flexibility index (Phi) is 3.34. The van der Waals surface area contributed by atoms with Crippen molar-refractivity contribution in [3.8, 4) is 0 Å². The molecule has 0 amide bonds. The highest BCUT2D eigenvalue weighted by atomic mass is 16.1. The van der Waals surface area contributed by atoms with E-state index < -0.39 is 0 Å². The summed E-state index contributed by atoms with van der Waals surface area (Å²) in [6, 6.07) is 10.3. The Morgan fingerprint density at radius 2 is 1.88 bits per heavy atom. The molecule has 0 saturated heterocycles. The van der Waals surface area contributed by atoms with Crippen molar-refractivity contribution in [1.29, 1.82) is 0 Å². The lowest BCUT2D eigenvalue weighted by Crippen LogP contribution is -2.38. The van der Waals surface area contributed by atoms with Crippen LogP contribution in [0.5, 0.6) is 0 Å². The van der Waals surface area contributed by atoms with Crippen LogP contribution in [0.1, 0.15) is 37.0 Å². The van der Waals surface area contributed by atoms with E-state index in [1.54, 1.807) is 0 Å². The lowest BCUT2D eigenvalue weighted by atomic mass is 9.83. The summed E-state index contributed by atoms with van der Waals surface area (Å²) in [7, 11) is 2.12. The molecule has 2 rings (SSSR count). The Hall–Kier alpha value is -1.15. The highest BCUT2D eigenvalue weighted by Crippen LogP contribution is 2.30. The zero-order valence-electron chi connectivity index (χ0n) is 10.9. The summed E-state index contributed by atoms with van der Waals surface area (Å²) in [5.41, 5.74) is 0.514. The number of hydrogen-bond acceptors (Lipinski definition) is 2. The van der Waals surface area contributed by atoms with Gasteiger partial charge in [0.2, 0.25) is 0 Å². The largest absolute Gasteiger partial charge is 0.302 e. The van der Waals surface area contributed by atoms with Gasteiger partial charge < -0.3 is 4.90 Å². The van der Waals surface area contributed by atoms with Crippen LogP contribution in [0.15, 0.2) is 30.3 Å². The molecule has 0 unspecified atom stereocenters. The van der Waals surface area contributed by atoms with Gasteiger partial charge in [-0.15, -0.1) is 0 Å². The molecule has 0 heterocycles. The van der Waals surface area contributed by atoms with Crippen LogP contribution in [0.25, 0.3) is 0 Å². The smallest absolute Gasteiger partial charge is 0.169 e. The minimum Gasteiger partial charge on any atom is -0.302 e. The van der Waals surface area contributed by atoms with E-state index in [2.05, 4.69) is 11.9 Å². The molecule has 17 heavy (non-hydrogen) atoms. The van der Waals surface area contributed by atoms with E-state index in [-0.39, 0.29) is 11.2 Å². The number of ketones is 1. The summed E-state index contributed by atoms with van der Waals surface area (Å²) in [5.74, 6) is 0.241. The van der Waals surface area contributed by atoms with Crippen molar-refractivity contribution in [2.75, 3.05) is 13.6 Å². The molecular formula is C15H21NO. The number of carbonyl (C=O) groups is 1. The van der Waals surface area contributed by atoms with E-state index in [4.69, 9.17) is 0 Å². The van der Waals surface area contributed by atoms with Crippen molar-refractivity contribution in [2.45, 2.75) is 32.7 Å². The molecule has 1 aliphatic rings. The normalized spacial score (nSPS) is 16.2. The molecule has 1 fully saturated rings. The number of hydrogen-bond donors (Lipinski definition) is 0. The Morgan fingerprint density at radius 3 is 2.41 bits per heavy atom. The summed E-state index contributed by atoms with van der Waals surface area (Å²) >= 11 is 0. The molecule has 0 N–H and O–H groups in total. The number of nitrogens with zero attached hydrogens (tertiary/aromatic N) is 1. The van der Waals surface area contributed by atoms with Crippen LogP contribution < -0.4 is 0 Å². The number of Topliss-reactive ketones (excluding diaryl/α,β-unsaturated/α-hetero) is 1.